The van der Waals surface area contributed by atoms with Crippen molar-refractivity contribution in [3.8, 4) is 5.88 Å². The molecule has 2 aromatic heterocycles. The highest BCUT2D eigenvalue weighted by Gasteiger charge is 2.44. The van der Waals surface area contributed by atoms with Gasteiger partial charge in [-0.3, -0.25) is 4.72 Å². The smallest absolute Gasteiger partial charge is 0.429 e. The Labute approximate surface area is 191 Å². The summed E-state index contributed by atoms with van der Waals surface area (Å²) in [5, 5.41) is 0.106. The topological polar surface area (TPSA) is 117 Å². The van der Waals surface area contributed by atoms with Crippen LogP contribution in [0, 0.1) is 0 Å². The van der Waals surface area contributed by atoms with Gasteiger partial charge in [0, 0.05) is 29.0 Å². The van der Waals surface area contributed by atoms with Crippen LogP contribution in [0.15, 0.2) is 47.6 Å². The SMILES string of the molecule is CCCCS(=O)(=O)Nc1nc2ccccc2nc1OC(c1ccc([S+](C)[O-])nc1)C(F)(F)F. The van der Waals surface area contributed by atoms with E-state index in [1.54, 1.807) is 25.1 Å². The molecule has 0 aliphatic heterocycles. The second-order valence-corrected chi connectivity index (χ2v) is 10.2. The Morgan fingerprint density at radius 2 is 1.82 bits per heavy atom. The number of ether oxygens (including phenoxy) is 1. The summed E-state index contributed by atoms with van der Waals surface area (Å²) in [6, 6.07) is 8.61. The van der Waals surface area contributed by atoms with E-state index < -0.39 is 45.2 Å². The van der Waals surface area contributed by atoms with E-state index in [1.165, 1.54) is 18.4 Å². The number of para-hydroxylation sites is 2. The largest absolute Gasteiger partial charge is 0.610 e. The first-order chi connectivity index (χ1) is 15.5. The lowest BCUT2D eigenvalue weighted by Gasteiger charge is -2.22. The van der Waals surface area contributed by atoms with Gasteiger partial charge in [-0.1, -0.05) is 25.5 Å². The van der Waals surface area contributed by atoms with Crippen LogP contribution >= 0.6 is 0 Å². The van der Waals surface area contributed by atoms with Crippen LogP contribution in [0.2, 0.25) is 0 Å². The number of unbranched alkanes of at least 4 members (excludes halogenated alkanes) is 1. The van der Waals surface area contributed by atoms with Crippen molar-refractivity contribution in [1.82, 2.24) is 15.0 Å². The number of sulfonamides is 1. The van der Waals surface area contributed by atoms with Gasteiger partial charge in [-0.15, -0.1) is 0 Å². The molecule has 33 heavy (non-hydrogen) atoms. The highest BCUT2D eigenvalue weighted by molar-refractivity contribution is 7.92. The van der Waals surface area contributed by atoms with Crippen molar-refractivity contribution in [1.29, 1.82) is 0 Å². The van der Waals surface area contributed by atoms with Crippen molar-refractivity contribution < 1.29 is 30.9 Å². The molecule has 0 saturated heterocycles. The maximum Gasteiger partial charge on any atom is 0.429 e. The zero-order chi connectivity index (χ0) is 24.2. The predicted molar refractivity (Wildman–Crippen MR) is 118 cm³/mol. The second kappa shape index (κ2) is 10.1. The van der Waals surface area contributed by atoms with Crippen LogP contribution in [0.4, 0.5) is 19.0 Å². The lowest BCUT2D eigenvalue weighted by Crippen LogP contribution is -2.27. The van der Waals surface area contributed by atoms with E-state index in [-0.39, 0.29) is 27.4 Å². The van der Waals surface area contributed by atoms with Crippen molar-refractivity contribution in [3.05, 3.63) is 48.2 Å². The first kappa shape index (κ1) is 25.0. The van der Waals surface area contributed by atoms with Gasteiger partial charge in [0.05, 0.1) is 16.8 Å². The molecule has 1 N–H and O–H groups in total. The Kier molecular flexibility index (Phi) is 7.65. The van der Waals surface area contributed by atoms with Crippen molar-refractivity contribution in [3.63, 3.8) is 0 Å². The Morgan fingerprint density at radius 3 is 2.36 bits per heavy atom. The molecule has 0 fully saturated rings. The van der Waals surface area contributed by atoms with E-state index >= 15 is 0 Å². The van der Waals surface area contributed by atoms with E-state index in [4.69, 9.17) is 4.74 Å². The van der Waals surface area contributed by atoms with Crippen molar-refractivity contribution in [2.45, 2.75) is 37.1 Å². The number of alkyl halides is 3. The Balaban J connectivity index is 2.05. The van der Waals surface area contributed by atoms with E-state index in [0.29, 0.717) is 12.8 Å². The monoisotopic (exact) mass is 502 g/mol. The average Bonchev–Trinajstić information content (AvgIpc) is 2.75. The zero-order valence-electron chi connectivity index (χ0n) is 17.7. The molecule has 8 nitrogen and oxygen atoms in total. The molecule has 178 valence electrons. The lowest BCUT2D eigenvalue weighted by molar-refractivity contribution is -0.198. The van der Waals surface area contributed by atoms with Gasteiger partial charge >= 0.3 is 6.18 Å². The standard InChI is InChI=1S/C20H21F3N4O4S2/c1-3-4-11-33(29,30)27-18-19(26-15-8-6-5-7-14(15)25-18)31-17(20(21,22)23)13-9-10-16(24-12-13)32(2)28/h5-10,12,17H,3-4,11H2,1-2H3,(H,25,27). The summed E-state index contributed by atoms with van der Waals surface area (Å²) in [5.41, 5.74) is 0.129. The summed E-state index contributed by atoms with van der Waals surface area (Å²) in [6.07, 6.45) is -4.18. The van der Waals surface area contributed by atoms with Gasteiger partial charge in [-0.2, -0.15) is 13.2 Å². The fraction of sp³-hybridized carbons (Fsp3) is 0.350. The number of nitrogens with zero attached hydrogens (tertiary/aromatic N) is 3. The summed E-state index contributed by atoms with van der Waals surface area (Å²) in [5.74, 6) is -1.31. The lowest BCUT2D eigenvalue weighted by atomic mass is 10.1. The number of anilines is 1. The molecule has 0 aliphatic carbocycles. The molecule has 3 aromatic rings. The molecule has 3 rings (SSSR count). The van der Waals surface area contributed by atoms with Crippen LogP contribution in [0.5, 0.6) is 5.88 Å². The highest BCUT2D eigenvalue weighted by atomic mass is 32.2. The van der Waals surface area contributed by atoms with E-state index in [9.17, 15) is 26.1 Å². The highest BCUT2D eigenvalue weighted by Crippen LogP contribution is 2.38. The molecule has 13 heteroatoms. The van der Waals surface area contributed by atoms with Crippen LogP contribution < -0.4 is 9.46 Å². The number of aromatic nitrogens is 3. The molecule has 0 amide bonds. The predicted octanol–water partition coefficient (Wildman–Crippen LogP) is 3.99. The summed E-state index contributed by atoms with van der Waals surface area (Å²) < 4.78 is 85.4. The van der Waals surface area contributed by atoms with Crippen molar-refractivity contribution >= 4 is 38.1 Å². The van der Waals surface area contributed by atoms with Crippen LogP contribution in [0.25, 0.3) is 11.0 Å². The van der Waals surface area contributed by atoms with Gasteiger partial charge in [0.1, 0.15) is 6.26 Å². The Bertz CT molecular complexity index is 1210. The minimum atomic E-state index is -4.89. The van der Waals surface area contributed by atoms with Gasteiger partial charge in [0.15, 0.2) is 0 Å². The number of hydrogen-bond donors (Lipinski definition) is 1. The molecular weight excluding hydrogens is 481 g/mol. The molecule has 0 radical (unpaired) electrons. The third kappa shape index (κ3) is 6.45. The normalized spacial score (nSPS) is 14.1. The molecular formula is C20H21F3N4O4S2. The fourth-order valence-electron chi connectivity index (χ4n) is 2.82. The third-order valence-electron chi connectivity index (χ3n) is 4.44. The molecule has 2 unspecified atom stereocenters. The zero-order valence-corrected chi connectivity index (χ0v) is 19.3. The summed E-state index contributed by atoms with van der Waals surface area (Å²) in [4.78, 5) is 12.0. The second-order valence-electron chi connectivity index (χ2n) is 7.06. The number of rotatable bonds is 9. The van der Waals surface area contributed by atoms with Crippen molar-refractivity contribution in [2.75, 3.05) is 16.7 Å². The van der Waals surface area contributed by atoms with Gasteiger partial charge in [-0.05, 0) is 24.6 Å². The number of nitrogens with one attached hydrogen (secondary N) is 1. The molecule has 0 bridgehead atoms. The van der Waals surface area contributed by atoms with Gasteiger partial charge in [-0.25, -0.2) is 23.4 Å². The van der Waals surface area contributed by atoms with Crippen molar-refractivity contribution in [2.24, 2.45) is 0 Å². The van der Waals surface area contributed by atoms with Crippen LogP contribution in [0.3, 0.4) is 0 Å². The van der Waals surface area contributed by atoms with Crippen LogP contribution in [0.1, 0.15) is 31.4 Å². The van der Waals surface area contributed by atoms with E-state index in [1.807, 2.05) is 0 Å². The van der Waals surface area contributed by atoms with Gasteiger partial charge in [0.25, 0.3) is 5.88 Å². The summed E-state index contributed by atoms with van der Waals surface area (Å²) >= 11 is -1.48. The first-order valence-corrected chi connectivity index (χ1v) is 13.0. The molecule has 2 atom stereocenters. The fourth-order valence-corrected chi connectivity index (χ4v) is 4.48. The molecule has 1 aromatic carbocycles. The first-order valence-electron chi connectivity index (χ1n) is 9.80. The molecule has 0 spiro atoms. The maximum absolute atomic E-state index is 13.9. The number of pyridine rings is 1. The maximum atomic E-state index is 13.9. The van der Waals surface area contributed by atoms with Gasteiger partial charge in [0.2, 0.25) is 27.0 Å². The third-order valence-corrected chi connectivity index (χ3v) is 6.60. The molecule has 0 aliphatic rings. The number of benzene rings is 1. The molecule has 0 saturated carbocycles. The van der Waals surface area contributed by atoms with E-state index in [2.05, 4.69) is 19.7 Å². The summed E-state index contributed by atoms with van der Waals surface area (Å²) in [6.45, 7) is 1.81. The van der Waals surface area contributed by atoms with Gasteiger partial charge < -0.3 is 9.29 Å². The average molecular weight is 503 g/mol. The van der Waals surface area contributed by atoms with E-state index in [0.717, 1.165) is 12.3 Å². The Hall–Kier alpha value is -2.64. The van der Waals surface area contributed by atoms with Crippen LogP contribution in [-0.2, 0) is 21.2 Å². The minimum absolute atomic E-state index is 0.106. The molecule has 2 heterocycles. The number of halogens is 3. The minimum Gasteiger partial charge on any atom is -0.610 e. The number of hydrogen-bond acceptors (Lipinski definition) is 7. The Morgan fingerprint density at radius 1 is 1.15 bits per heavy atom. The summed E-state index contributed by atoms with van der Waals surface area (Å²) in [7, 11) is -3.90. The van der Waals surface area contributed by atoms with Crippen LogP contribution in [-0.4, -0.2) is 46.1 Å². The number of fused-ring (bicyclic) bond motifs is 1. The quantitative estimate of drug-likeness (QED) is 0.440.